The highest BCUT2D eigenvalue weighted by Gasteiger charge is 2.17. The van der Waals surface area contributed by atoms with Gasteiger partial charge in [0.1, 0.15) is 0 Å². The minimum absolute atomic E-state index is 0.00887. The number of nitrogens with one attached hydrogen (secondary N) is 1. The summed E-state index contributed by atoms with van der Waals surface area (Å²) in [7, 11) is 0. The maximum atomic E-state index is 12.0. The van der Waals surface area contributed by atoms with Gasteiger partial charge in [-0.25, -0.2) is 0 Å². The fourth-order valence-electron chi connectivity index (χ4n) is 2.18. The van der Waals surface area contributed by atoms with Gasteiger partial charge in [0.05, 0.1) is 25.8 Å². The number of ether oxygens (including phenoxy) is 1. The molecule has 110 valence electrons. The summed E-state index contributed by atoms with van der Waals surface area (Å²) in [5, 5.41) is 4.11. The summed E-state index contributed by atoms with van der Waals surface area (Å²) in [4.78, 5) is 14.1. The maximum absolute atomic E-state index is 12.0. The fraction of sp³-hybridized carbons (Fsp3) is 0.500. The van der Waals surface area contributed by atoms with Crippen molar-refractivity contribution in [2.24, 2.45) is 0 Å². The fourth-order valence-corrected chi connectivity index (χ4v) is 2.75. The Labute approximate surface area is 129 Å². The van der Waals surface area contributed by atoms with Gasteiger partial charge in [0.25, 0.3) is 0 Å². The number of rotatable bonds is 4. The first-order chi connectivity index (χ1) is 9.56. The molecule has 1 aliphatic heterocycles. The normalized spacial score (nSPS) is 17.8. The van der Waals surface area contributed by atoms with Gasteiger partial charge in [0.2, 0.25) is 5.91 Å². The molecule has 1 fully saturated rings. The number of morpholine rings is 1. The van der Waals surface area contributed by atoms with Crippen molar-refractivity contribution in [1.82, 2.24) is 10.2 Å². The summed E-state index contributed by atoms with van der Waals surface area (Å²) in [6.07, 6.45) is 0. The van der Waals surface area contributed by atoms with Crippen LogP contribution in [0.2, 0.25) is 10.0 Å². The standard InChI is InChI=1S/C14H18Cl2N2O2/c1-10(12-3-2-11(15)8-13(12)16)17-14(19)9-18-4-6-20-7-5-18/h2-3,8,10H,4-7,9H2,1H3,(H,17,19)/t10-/m0/s1. The molecule has 4 nitrogen and oxygen atoms in total. The zero-order chi connectivity index (χ0) is 14.5. The molecule has 0 unspecified atom stereocenters. The van der Waals surface area contributed by atoms with Gasteiger partial charge in [-0.3, -0.25) is 9.69 Å². The molecular weight excluding hydrogens is 299 g/mol. The summed E-state index contributed by atoms with van der Waals surface area (Å²) in [6.45, 7) is 5.26. The highest BCUT2D eigenvalue weighted by molar-refractivity contribution is 6.35. The van der Waals surface area contributed by atoms with E-state index >= 15 is 0 Å². The third-order valence-corrected chi connectivity index (χ3v) is 3.84. The number of hydrogen-bond acceptors (Lipinski definition) is 3. The molecule has 1 saturated heterocycles. The number of amides is 1. The number of benzene rings is 1. The number of carbonyl (C=O) groups is 1. The zero-order valence-corrected chi connectivity index (χ0v) is 12.9. The predicted molar refractivity (Wildman–Crippen MR) is 80.3 cm³/mol. The highest BCUT2D eigenvalue weighted by Crippen LogP contribution is 2.25. The zero-order valence-electron chi connectivity index (χ0n) is 11.4. The first kappa shape index (κ1) is 15.6. The molecule has 0 aromatic heterocycles. The third-order valence-electron chi connectivity index (χ3n) is 3.28. The van der Waals surface area contributed by atoms with Crippen LogP contribution in [0.3, 0.4) is 0 Å². The van der Waals surface area contributed by atoms with Crippen LogP contribution in [0.5, 0.6) is 0 Å². The summed E-state index contributed by atoms with van der Waals surface area (Å²) >= 11 is 12.0. The Hall–Kier alpha value is -0.810. The van der Waals surface area contributed by atoms with Crippen LogP contribution in [-0.4, -0.2) is 43.7 Å². The molecular formula is C14H18Cl2N2O2. The van der Waals surface area contributed by atoms with E-state index in [1.807, 2.05) is 13.0 Å². The van der Waals surface area contributed by atoms with Crippen LogP contribution >= 0.6 is 23.2 Å². The number of nitrogens with zero attached hydrogens (tertiary/aromatic N) is 1. The van der Waals surface area contributed by atoms with Crippen molar-refractivity contribution in [3.05, 3.63) is 33.8 Å². The molecule has 6 heteroatoms. The Morgan fingerprint density at radius 1 is 1.40 bits per heavy atom. The molecule has 1 aliphatic rings. The second-order valence-electron chi connectivity index (χ2n) is 4.84. The van der Waals surface area contributed by atoms with Crippen LogP contribution in [-0.2, 0) is 9.53 Å². The second-order valence-corrected chi connectivity index (χ2v) is 5.69. The first-order valence-corrected chi connectivity index (χ1v) is 7.36. The number of carbonyl (C=O) groups excluding carboxylic acids is 1. The lowest BCUT2D eigenvalue weighted by atomic mass is 10.1. The number of hydrogen-bond donors (Lipinski definition) is 1. The molecule has 1 N–H and O–H groups in total. The van der Waals surface area contributed by atoms with E-state index in [2.05, 4.69) is 10.2 Å². The number of halogens is 2. The Morgan fingerprint density at radius 2 is 2.10 bits per heavy atom. The summed E-state index contributed by atoms with van der Waals surface area (Å²) in [5.41, 5.74) is 0.867. The van der Waals surface area contributed by atoms with E-state index in [0.29, 0.717) is 29.8 Å². The van der Waals surface area contributed by atoms with E-state index in [4.69, 9.17) is 27.9 Å². The van der Waals surface area contributed by atoms with Crippen LogP contribution in [0.4, 0.5) is 0 Å². The smallest absolute Gasteiger partial charge is 0.234 e. The van der Waals surface area contributed by atoms with Crippen molar-refractivity contribution in [2.45, 2.75) is 13.0 Å². The summed E-state index contributed by atoms with van der Waals surface area (Å²) in [5.74, 6) is -0.00887. The lowest BCUT2D eigenvalue weighted by Crippen LogP contribution is -2.43. The summed E-state index contributed by atoms with van der Waals surface area (Å²) < 4.78 is 5.26. The average Bonchev–Trinajstić information content (AvgIpc) is 2.39. The molecule has 0 radical (unpaired) electrons. The molecule has 1 atom stereocenters. The van der Waals surface area contributed by atoms with Gasteiger partial charge in [-0.05, 0) is 24.6 Å². The largest absolute Gasteiger partial charge is 0.379 e. The lowest BCUT2D eigenvalue weighted by molar-refractivity contribution is -0.123. The van der Waals surface area contributed by atoms with E-state index in [1.54, 1.807) is 12.1 Å². The second kappa shape index (κ2) is 7.27. The molecule has 0 spiro atoms. The van der Waals surface area contributed by atoms with E-state index in [1.165, 1.54) is 0 Å². The van der Waals surface area contributed by atoms with E-state index in [9.17, 15) is 4.79 Å². The monoisotopic (exact) mass is 316 g/mol. The topological polar surface area (TPSA) is 41.6 Å². The van der Waals surface area contributed by atoms with Crippen LogP contribution in [0.25, 0.3) is 0 Å². The Balaban J connectivity index is 1.89. The van der Waals surface area contributed by atoms with Crippen molar-refractivity contribution in [2.75, 3.05) is 32.8 Å². The van der Waals surface area contributed by atoms with Gasteiger partial charge in [-0.15, -0.1) is 0 Å². The average molecular weight is 317 g/mol. The predicted octanol–water partition coefficient (Wildman–Crippen LogP) is 2.50. The van der Waals surface area contributed by atoms with Gasteiger partial charge in [0, 0.05) is 23.1 Å². The van der Waals surface area contributed by atoms with Crippen molar-refractivity contribution in [1.29, 1.82) is 0 Å². The van der Waals surface area contributed by atoms with Gasteiger partial charge >= 0.3 is 0 Å². The molecule has 1 aromatic rings. The molecule has 0 saturated carbocycles. The van der Waals surface area contributed by atoms with Crippen LogP contribution in [0.15, 0.2) is 18.2 Å². The Bertz CT molecular complexity index is 476. The molecule has 20 heavy (non-hydrogen) atoms. The molecule has 1 aromatic carbocycles. The van der Waals surface area contributed by atoms with Crippen LogP contribution in [0, 0.1) is 0 Å². The van der Waals surface area contributed by atoms with Gasteiger partial charge in [0.15, 0.2) is 0 Å². The van der Waals surface area contributed by atoms with Crippen molar-refractivity contribution >= 4 is 29.1 Å². The van der Waals surface area contributed by atoms with Crippen molar-refractivity contribution < 1.29 is 9.53 Å². The SMILES string of the molecule is C[C@H](NC(=O)CN1CCOCC1)c1ccc(Cl)cc1Cl. The quantitative estimate of drug-likeness (QED) is 0.928. The van der Waals surface area contributed by atoms with Gasteiger partial charge in [-0.1, -0.05) is 29.3 Å². The Morgan fingerprint density at radius 3 is 2.75 bits per heavy atom. The van der Waals surface area contributed by atoms with Crippen molar-refractivity contribution in [3.63, 3.8) is 0 Å². The lowest BCUT2D eigenvalue weighted by Gasteiger charge is -2.26. The highest BCUT2D eigenvalue weighted by atomic mass is 35.5. The van der Waals surface area contributed by atoms with Crippen LogP contribution in [0.1, 0.15) is 18.5 Å². The van der Waals surface area contributed by atoms with Gasteiger partial charge in [-0.2, -0.15) is 0 Å². The molecule has 1 heterocycles. The van der Waals surface area contributed by atoms with E-state index in [0.717, 1.165) is 18.7 Å². The minimum atomic E-state index is -0.145. The molecule has 0 bridgehead atoms. The van der Waals surface area contributed by atoms with Crippen molar-refractivity contribution in [3.8, 4) is 0 Å². The van der Waals surface area contributed by atoms with E-state index in [-0.39, 0.29) is 11.9 Å². The van der Waals surface area contributed by atoms with E-state index < -0.39 is 0 Å². The molecule has 1 amide bonds. The van der Waals surface area contributed by atoms with Crippen LogP contribution < -0.4 is 5.32 Å². The Kier molecular flexibility index (Phi) is 5.66. The first-order valence-electron chi connectivity index (χ1n) is 6.60. The minimum Gasteiger partial charge on any atom is -0.379 e. The third kappa shape index (κ3) is 4.35. The molecule has 2 rings (SSSR count). The maximum Gasteiger partial charge on any atom is 0.234 e. The summed E-state index contributed by atoms with van der Waals surface area (Å²) in [6, 6.07) is 5.15. The van der Waals surface area contributed by atoms with Gasteiger partial charge < -0.3 is 10.1 Å². The molecule has 0 aliphatic carbocycles.